The van der Waals surface area contributed by atoms with Crippen molar-refractivity contribution < 1.29 is 9.53 Å². The van der Waals surface area contributed by atoms with Gasteiger partial charge in [-0.1, -0.05) is 19.9 Å². The molecule has 112 valence electrons. The number of rotatable bonds is 4. The van der Waals surface area contributed by atoms with Crippen molar-refractivity contribution in [1.82, 2.24) is 0 Å². The molecule has 1 amide bonds. The number of amides is 1. The molecule has 4 heteroatoms. The molecule has 1 saturated carbocycles. The number of hydrogen-bond donors (Lipinski definition) is 1. The molecule has 3 unspecified atom stereocenters. The fourth-order valence-corrected chi connectivity index (χ4v) is 2.71. The van der Waals surface area contributed by atoms with E-state index >= 15 is 0 Å². The Labute approximate surface area is 126 Å². The largest absolute Gasteiger partial charge is 0.368 e. The first-order valence-corrected chi connectivity index (χ1v) is 7.50. The molecule has 1 aromatic rings. The Balaban J connectivity index is 1.78. The number of hydrogen-bond acceptors (Lipinski definition) is 3. The van der Waals surface area contributed by atoms with E-state index in [1.165, 1.54) is 0 Å². The minimum absolute atomic E-state index is 0.0720. The van der Waals surface area contributed by atoms with E-state index in [0.29, 0.717) is 17.2 Å². The topological polar surface area (TPSA) is 62.1 Å². The number of nitrogens with zero attached hydrogens (tertiary/aromatic N) is 1. The van der Waals surface area contributed by atoms with E-state index in [1.54, 1.807) is 24.3 Å². The van der Waals surface area contributed by atoms with Crippen molar-refractivity contribution in [3.63, 3.8) is 0 Å². The van der Waals surface area contributed by atoms with Crippen molar-refractivity contribution in [2.24, 2.45) is 11.8 Å². The smallest absolute Gasteiger partial charge is 0.250 e. The summed E-state index contributed by atoms with van der Waals surface area (Å²) in [6.07, 6.45) is 3.41. The lowest BCUT2D eigenvalue weighted by molar-refractivity contribution is -0.123. The average molecular weight is 286 g/mol. The van der Waals surface area contributed by atoms with E-state index in [0.717, 1.165) is 25.2 Å². The molecule has 1 fully saturated rings. The van der Waals surface area contributed by atoms with Crippen LogP contribution in [0.3, 0.4) is 0 Å². The van der Waals surface area contributed by atoms with Gasteiger partial charge in [-0.3, -0.25) is 4.79 Å². The van der Waals surface area contributed by atoms with Crippen molar-refractivity contribution >= 4 is 11.6 Å². The molecular weight excluding hydrogens is 264 g/mol. The standard InChI is InChI=1S/C17H22N2O2/c1-12-6-7-16(8-13(12)2)21-11-17(20)19-15-5-3-4-14(9-15)10-18/h3-5,9,12-13,16H,6-8,11H2,1-2H3,(H,19,20). The van der Waals surface area contributed by atoms with E-state index in [-0.39, 0.29) is 18.6 Å². The monoisotopic (exact) mass is 286 g/mol. The Hall–Kier alpha value is -1.86. The van der Waals surface area contributed by atoms with Crippen LogP contribution in [0.15, 0.2) is 24.3 Å². The average Bonchev–Trinajstić information content (AvgIpc) is 2.48. The van der Waals surface area contributed by atoms with Gasteiger partial charge in [0.2, 0.25) is 5.91 Å². The predicted octanol–water partition coefficient (Wildman–Crippen LogP) is 3.34. The van der Waals surface area contributed by atoms with Crippen LogP contribution in [0.1, 0.15) is 38.7 Å². The lowest BCUT2D eigenvalue weighted by Crippen LogP contribution is -2.29. The molecule has 0 radical (unpaired) electrons. The van der Waals surface area contributed by atoms with Crippen molar-refractivity contribution in [3.8, 4) is 6.07 Å². The third-order valence-corrected chi connectivity index (χ3v) is 4.28. The van der Waals surface area contributed by atoms with Crippen LogP contribution in [0.4, 0.5) is 5.69 Å². The molecule has 1 aliphatic carbocycles. The van der Waals surface area contributed by atoms with Crippen LogP contribution in [-0.2, 0) is 9.53 Å². The summed E-state index contributed by atoms with van der Waals surface area (Å²) in [5.74, 6) is 1.22. The van der Waals surface area contributed by atoms with Crippen LogP contribution in [0, 0.1) is 23.2 Å². The molecule has 1 N–H and O–H groups in total. The number of nitrogens with one attached hydrogen (secondary N) is 1. The summed E-state index contributed by atoms with van der Waals surface area (Å²) in [5, 5.41) is 11.6. The zero-order valence-corrected chi connectivity index (χ0v) is 12.6. The van der Waals surface area contributed by atoms with Gasteiger partial charge in [-0.2, -0.15) is 5.26 Å². The summed E-state index contributed by atoms with van der Waals surface area (Å²) in [6.45, 7) is 4.59. The first-order valence-electron chi connectivity index (χ1n) is 7.50. The fraction of sp³-hybridized carbons (Fsp3) is 0.529. The maximum absolute atomic E-state index is 11.9. The van der Waals surface area contributed by atoms with Gasteiger partial charge in [-0.05, 0) is 49.3 Å². The normalized spacial score (nSPS) is 25.1. The van der Waals surface area contributed by atoms with E-state index in [2.05, 4.69) is 25.2 Å². The highest BCUT2D eigenvalue weighted by Crippen LogP contribution is 2.30. The van der Waals surface area contributed by atoms with E-state index in [1.807, 2.05) is 0 Å². The number of benzene rings is 1. The molecule has 1 aromatic carbocycles. The van der Waals surface area contributed by atoms with Crippen molar-refractivity contribution in [2.45, 2.75) is 39.2 Å². The Morgan fingerprint density at radius 2 is 2.19 bits per heavy atom. The summed E-state index contributed by atoms with van der Waals surface area (Å²) >= 11 is 0. The van der Waals surface area contributed by atoms with Gasteiger partial charge >= 0.3 is 0 Å². The molecule has 4 nitrogen and oxygen atoms in total. The minimum atomic E-state index is -0.170. The number of carbonyl (C=O) groups is 1. The minimum Gasteiger partial charge on any atom is -0.368 e. The molecular formula is C17H22N2O2. The summed E-state index contributed by atoms with van der Waals surface area (Å²) in [4.78, 5) is 11.9. The lowest BCUT2D eigenvalue weighted by atomic mass is 9.80. The van der Waals surface area contributed by atoms with Gasteiger partial charge < -0.3 is 10.1 Å². The fourth-order valence-electron chi connectivity index (χ4n) is 2.71. The molecule has 1 aliphatic rings. The van der Waals surface area contributed by atoms with Crippen LogP contribution in [-0.4, -0.2) is 18.6 Å². The molecule has 21 heavy (non-hydrogen) atoms. The maximum atomic E-state index is 11.9. The summed E-state index contributed by atoms with van der Waals surface area (Å²) in [7, 11) is 0. The molecule has 0 heterocycles. The Morgan fingerprint density at radius 3 is 2.90 bits per heavy atom. The Bertz CT molecular complexity index is 536. The molecule has 0 bridgehead atoms. The lowest BCUT2D eigenvalue weighted by Gasteiger charge is -2.31. The van der Waals surface area contributed by atoms with Gasteiger partial charge in [0, 0.05) is 5.69 Å². The molecule has 3 atom stereocenters. The second kappa shape index (κ2) is 7.24. The third kappa shape index (κ3) is 4.57. The van der Waals surface area contributed by atoms with Crippen molar-refractivity contribution in [3.05, 3.63) is 29.8 Å². The van der Waals surface area contributed by atoms with Gasteiger partial charge in [0.05, 0.1) is 17.7 Å². The van der Waals surface area contributed by atoms with E-state index < -0.39 is 0 Å². The summed E-state index contributed by atoms with van der Waals surface area (Å²) in [6, 6.07) is 8.93. The van der Waals surface area contributed by atoms with Gasteiger partial charge in [0.15, 0.2) is 0 Å². The van der Waals surface area contributed by atoms with Gasteiger partial charge in [-0.15, -0.1) is 0 Å². The second-order valence-electron chi connectivity index (χ2n) is 5.94. The number of nitriles is 1. The van der Waals surface area contributed by atoms with E-state index in [9.17, 15) is 4.79 Å². The first kappa shape index (κ1) is 15.5. The van der Waals surface area contributed by atoms with Gasteiger partial charge in [0.25, 0.3) is 0 Å². The molecule has 0 aliphatic heterocycles. The first-order chi connectivity index (χ1) is 10.1. The predicted molar refractivity (Wildman–Crippen MR) is 81.7 cm³/mol. The number of anilines is 1. The third-order valence-electron chi connectivity index (χ3n) is 4.28. The van der Waals surface area contributed by atoms with Crippen LogP contribution < -0.4 is 5.32 Å². The highest BCUT2D eigenvalue weighted by atomic mass is 16.5. The number of carbonyl (C=O) groups excluding carboxylic acids is 1. The Kier molecular flexibility index (Phi) is 5.35. The van der Waals surface area contributed by atoms with Gasteiger partial charge in [0.1, 0.15) is 6.61 Å². The van der Waals surface area contributed by atoms with Crippen molar-refractivity contribution in [1.29, 1.82) is 5.26 Å². The zero-order chi connectivity index (χ0) is 15.2. The molecule has 0 saturated heterocycles. The summed E-state index contributed by atoms with van der Waals surface area (Å²) in [5.41, 5.74) is 1.16. The quantitative estimate of drug-likeness (QED) is 0.923. The van der Waals surface area contributed by atoms with Crippen LogP contribution >= 0.6 is 0 Å². The van der Waals surface area contributed by atoms with Crippen molar-refractivity contribution in [2.75, 3.05) is 11.9 Å². The highest BCUT2D eigenvalue weighted by molar-refractivity contribution is 5.91. The van der Waals surface area contributed by atoms with E-state index in [4.69, 9.17) is 10.00 Å². The second-order valence-corrected chi connectivity index (χ2v) is 5.94. The maximum Gasteiger partial charge on any atom is 0.250 e. The number of ether oxygens (including phenoxy) is 1. The van der Waals surface area contributed by atoms with Crippen LogP contribution in [0.2, 0.25) is 0 Å². The molecule has 0 spiro atoms. The van der Waals surface area contributed by atoms with Gasteiger partial charge in [-0.25, -0.2) is 0 Å². The van der Waals surface area contributed by atoms with Crippen LogP contribution in [0.5, 0.6) is 0 Å². The molecule has 2 rings (SSSR count). The highest BCUT2D eigenvalue weighted by Gasteiger charge is 2.25. The molecule has 0 aromatic heterocycles. The van der Waals surface area contributed by atoms with Crippen LogP contribution in [0.25, 0.3) is 0 Å². The Morgan fingerprint density at radius 1 is 1.38 bits per heavy atom. The SMILES string of the molecule is CC1CCC(OCC(=O)Nc2cccc(C#N)c2)CC1C. The summed E-state index contributed by atoms with van der Waals surface area (Å²) < 4.78 is 5.72. The zero-order valence-electron chi connectivity index (χ0n) is 12.6.